The first kappa shape index (κ1) is 12.0. The maximum Gasteiger partial charge on any atom is 0.368 e. The molecule has 0 radical (unpaired) electrons. The van der Waals surface area contributed by atoms with Crippen LogP contribution in [0.2, 0.25) is 0 Å². The number of anilines is 3. The Kier molecular flexibility index (Phi) is 2.63. The first-order chi connectivity index (χ1) is 10.3. The number of urea groups is 1. The number of carbonyl (C=O) groups is 1. The number of benzene rings is 1. The summed E-state index contributed by atoms with van der Waals surface area (Å²) in [5.41, 5.74) is 0.769. The highest BCUT2D eigenvalue weighted by Gasteiger charge is 2.21. The van der Waals surface area contributed by atoms with Crippen LogP contribution < -0.4 is 21.3 Å². The van der Waals surface area contributed by atoms with Crippen molar-refractivity contribution < 1.29 is 4.79 Å². The number of carbonyl (C=O) groups excluding carboxylic acids is 1. The molecule has 0 spiro atoms. The van der Waals surface area contributed by atoms with Gasteiger partial charge in [0, 0.05) is 17.9 Å². The van der Waals surface area contributed by atoms with Gasteiger partial charge in [0.2, 0.25) is 5.95 Å². The van der Waals surface area contributed by atoms with E-state index in [2.05, 4.69) is 30.6 Å². The molecule has 0 atom stereocenters. The monoisotopic (exact) mass is 280 g/mol. The second kappa shape index (κ2) is 4.62. The molecule has 1 aromatic carbocycles. The van der Waals surface area contributed by atoms with Gasteiger partial charge in [0.15, 0.2) is 0 Å². The van der Waals surface area contributed by atoms with Crippen LogP contribution >= 0.6 is 0 Å². The number of nitrogens with one attached hydrogen (secondary N) is 2. The third-order valence-electron chi connectivity index (χ3n) is 3.25. The Balaban J connectivity index is 1.59. The van der Waals surface area contributed by atoms with Crippen molar-refractivity contribution in [2.45, 2.75) is 18.9 Å². The average Bonchev–Trinajstić information content (AvgIpc) is 3.18. The van der Waals surface area contributed by atoms with E-state index in [1.807, 2.05) is 12.1 Å². The molecule has 2 N–H and O–H groups in total. The normalized spacial score (nSPS) is 15.9. The third-order valence-corrected chi connectivity index (χ3v) is 3.25. The van der Waals surface area contributed by atoms with E-state index in [4.69, 9.17) is 0 Å². The fourth-order valence-corrected chi connectivity index (χ4v) is 2.08. The minimum Gasteiger partial charge on any atom is -0.367 e. The zero-order valence-electron chi connectivity index (χ0n) is 11.1. The molecule has 1 saturated carbocycles. The quantitative estimate of drug-likeness (QED) is 0.877. The molecule has 7 heteroatoms. The second-order valence-corrected chi connectivity index (χ2v) is 5.02. The molecule has 104 valence electrons. The van der Waals surface area contributed by atoms with Crippen LogP contribution in [0, 0.1) is 0 Å². The maximum absolute atomic E-state index is 11.1. The molecule has 1 aromatic heterocycles. The van der Waals surface area contributed by atoms with Crippen molar-refractivity contribution >= 4 is 23.5 Å². The second-order valence-electron chi connectivity index (χ2n) is 5.02. The van der Waals surface area contributed by atoms with Gasteiger partial charge >= 0.3 is 6.03 Å². The zero-order valence-corrected chi connectivity index (χ0v) is 11.1. The summed E-state index contributed by atoms with van der Waals surface area (Å²) in [7, 11) is 0. The van der Waals surface area contributed by atoms with Crippen LogP contribution in [-0.2, 0) is 0 Å². The van der Waals surface area contributed by atoms with Crippen molar-refractivity contribution in [3.8, 4) is 0 Å². The third kappa shape index (κ3) is 2.58. The van der Waals surface area contributed by atoms with Crippen LogP contribution in [0.15, 0.2) is 40.4 Å². The number of rotatable bonds is 4. The molecule has 0 bridgehead atoms. The van der Waals surface area contributed by atoms with Crippen molar-refractivity contribution in [2.24, 2.45) is 9.98 Å². The smallest absolute Gasteiger partial charge is 0.367 e. The fraction of sp³-hybridized carbons (Fsp3) is 0.214. The van der Waals surface area contributed by atoms with E-state index in [-0.39, 0.29) is 0 Å². The van der Waals surface area contributed by atoms with Crippen LogP contribution in [0.5, 0.6) is 0 Å². The van der Waals surface area contributed by atoms with Crippen molar-refractivity contribution in [3.05, 3.63) is 41.2 Å². The van der Waals surface area contributed by atoms with Crippen LogP contribution in [0.25, 0.3) is 0 Å². The molecular formula is C14H12N6O. The Morgan fingerprint density at radius 3 is 2.81 bits per heavy atom. The molecule has 1 aliphatic heterocycles. The Morgan fingerprint density at radius 1 is 1.10 bits per heavy atom. The molecule has 0 saturated heterocycles. The predicted octanol–water partition coefficient (Wildman–Crippen LogP) is 1.17. The first-order valence-electron chi connectivity index (χ1n) is 6.74. The molecule has 1 fully saturated rings. The summed E-state index contributed by atoms with van der Waals surface area (Å²) in [5.74, 6) is 1.31. The summed E-state index contributed by atoms with van der Waals surface area (Å²) < 4.78 is 0. The molecule has 21 heavy (non-hydrogen) atoms. The van der Waals surface area contributed by atoms with E-state index < -0.39 is 6.03 Å². The van der Waals surface area contributed by atoms with Gasteiger partial charge in [0.25, 0.3) is 0 Å². The molecule has 2 aliphatic rings. The summed E-state index contributed by atoms with van der Waals surface area (Å²) in [6.07, 6.45) is 4.09. The van der Waals surface area contributed by atoms with E-state index in [1.54, 1.807) is 18.3 Å². The molecule has 7 nitrogen and oxygen atoms in total. The standard InChI is InChI=1S/C14H12N6O/c21-14-18-10-4-3-9(7-11(10)19-14)17-13-15-6-5-12(20-13)16-8-1-2-8/h3-8H,1-2H2,(H2,15,16,17,20). The molecule has 4 rings (SSSR count). The average molecular weight is 280 g/mol. The van der Waals surface area contributed by atoms with E-state index in [0.717, 1.165) is 11.5 Å². The van der Waals surface area contributed by atoms with Gasteiger partial charge < -0.3 is 10.6 Å². The highest BCUT2D eigenvalue weighted by molar-refractivity contribution is 5.77. The summed E-state index contributed by atoms with van der Waals surface area (Å²) in [5, 5.41) is 7.59. The SMILES string of the molecule is O=C1N=c2ccc(Nc3nccc(NC4CC4)n3)cc2=N1. The summed E-state index contributed by atoms with van der Waals surface area (Å²) in [4.78, 5) is 27.3. The van der Waals surface area contributed by atoms with Gasteiger partial charge in [-0.3, -0.25) is 0 Å². The van der Waals surface area contributed by atoms with Gasteiger partial charge in [0.1, 0.15) is 5.82 Å². The lowest BCUT2D eigenvalue weighted by Crippen LogP contribution is -2.21. The van der Waals surface area contributed by atoms with E-state index in [1.165, 1.54) is 12.8 Å². The molecule has 2 heterocycles. The number of amides is 2. The van der Waals surface area contributed by atoms with Gasteiger partial charge in [0.05, 0.1) is 10.7 Å². The van der Waals surface area contributed by atoms with Gasteiger partial charge in [-0.15, -0.1) is 0 Å². The van der Waals surface area contributed by atoms with Crippen LogP contribution in [0.3, 0.4) is 0 Å². The molecule has 2 amide bonds. The minimum atomic E-state index is -0.464. The highest BCUT2D eigenvalue weighted by atomic mass is 16.2. The fourth-order valence-electron chi connectivity index (χ4n) is 2.08. The lowest BCUT2D eigenvalue weighted by molar-refractivity contribution is 0.256. The Bertz CT molecular complexity index is 843. The number of fused-ring (bicyclic) bond motifs is 1. The lowest BCUT2D eigenvalue weighted by Gasteiger charge is -2.07. The van der Waals surface area contributed by atoms with Gasteiger partial charge in [-0.25, -0.2) is 9.78 Å². The van der Waals surface area contributed by atoms with E-state index in [9.17, 15) is 4.79 Å². The topological polar surface area (TPSA) is 91.6 Å². The summed E-state index contributed by atoms with van der Waals surface area (Å²) in [6.45, 7) is 0. The van der Waals surface area contributed by atoms with Crippen LogP contribution in [0.1, 0.15) is 12.8 Å². The van der Waals surface area contributed by atoms with E-state index in [0.29, 0.717) is 22.7 Å². The molecule has 1 aliphatic carbocycles. The number of hydrogen-bond acceptors (Lipinski definition) is 5. The van der Waals surface area contributed by atoms with Crippen LogP contribution in [-0.4, -0.2) is 22.0 Å². The van der Waals surface area contributed by atoms with E-state index >= 15 is 0 Å². The van der Waals surface area contributed by atoms with Crippen molar-refractivity contribution in [1.29, 1.82) is 0 Å². The zero-order chi connectivity index (χ0) is 14.2. The predicted molar refractivity (Wildman–Crippen MR) is 76.1 cm³/mol. The molecule has 2 aromatic rings. The summed E-state index contributed by atoms with van der Waals surface area (Å²) >= 11 is 0. The highest BCUT2D eigenvalue weighted by Crippen LogP contribution is 2.24. The molecular weight excluding hydrogens is 268 g/mol. The van der Waals surface area contributed by atoms with Gasteiger partial charge in [-0.05, 0) is 37.1 Å². The van der Waals surface area contributed by atoms with Crippen molar-refractivity contribution in [3.63, 3.8) is 0 Å². The first-order valence-corrected chi connectivity index (χ1v) is 6.74. The largest absolute Gasteiger partial charge is 0.368 e. The van der Waals surface area contributed by atoms with Gasteiger partial charge in [-0.1, -0.05) is 0 Å². The maximum atomic E-state index is 11.1. The number of nitrogens with zero attached hydrogens (tertiary/aromatic N) is 4. The van der Waals surface area contributed by atoms with Gasteiger partial charge in [-0.2, -0.15) is 15.0 Å². The number of aromatic nitrogens is 2. The lowest BCUT2D eigenvalue weighted by atomic mass is 10.3. The Hall–Kier alpha value is -2.83. The van der Waals surface area contributed by atoms with Crippen LogP contribution in [0.4, 0.5) is 22.2 Å². The van der Waals surface area contributed by atoms with Crippen molar-refractivity contribution in [2.75, 3.05) is 10.6 Å². The number of hydrogen-bond donors (Lipinski definition) is 2. The Morgan fingerprint density at radius 2 is 1.95 bits per heavy atom. The summed E-state index contributed by atoms with van der Waals surface area (Å²) in [6, 6.07) is 7.25. The van der Waals surface area contributed by atoms with Crippen molar-refractivity contribution in [1.82, 2.24) is 9.97 Å². The Labute approximate surface area is 119 Å². The molecule has 0 unspecified atom stereocenters. The minimum absolute atomic E-state index is 0.464.